The number of carbonyl (C=O) groups is 2. The fourth-order valence-corrected chi connectivity index (χ4v) is 4.30. The van der Waals surface area contributed by atoms with Crippen molar-refractivity contribution < 1.29 is 14.7 Å². The first-order chi connectivity index (χ1) is 15.1. The van der Waals surface area contributed by atoms with Crippen molar-refractivity contribution >= 4 is 23.2 Å². The van der Waals surface area contributed by atoms with Crippen LogP contribution in [0.4, 0.5) is 11.4 Å². The Labute approximate surface area is 182 Å². The Hall–Kier alpha value is -3.28. The zero-order chi connectivity index (χ0) is 21.6. The van der Waals surface area contributed by atoms with Gasteiger partial charge in [0.05, 0.1) is 6.04 Å². The van der Waals surface area contributed by atoms with Crippen molar-refractivity contribution in [3.05, 3.63) is 71.5 Å². The van der Waals surface area contributed by atoms with E-state index >= 15 is 0 Å². The van der Waals surface area contributed by atoms with Gasteiger partial charge < -0.3 is 21.1 Å². The molecular formula is C25H29N3O3. The van der Waals surface area contributed by atoms with Crippen molar-refractivity contribution in [2.24, 2.45) is 0 Å². The molecule has 4 rings (SSSR count). The fourth-order valence-electron chi connectivity index (χ4n) is 4.30. The largest absolute Gasteiger partial charge is 0.509 e. The highest BCUT2D eigenvalue weighted by Gasteiger charge is 2.35. The second kappa shape index (κ2) is 9.69. The number of hydrogen-bond acceptors (Lipinski definition) is 4. The molecule has 0 spiro atoms. The summed E-state index contributed by atoms with van der Waals surface area (Å²) >= 11 is 0. The lowest BCUT2D eigenvalue weighted by Gasteiger charge is -2.23. The van der Waals surface area contributed by atoms with E-state index in [2.05, 4.69) is 16.0 Å². The monoisotopic (exact) mass is 419 g/mol. The number of rotatable bonds is 7. The van der Waals surface area contributed by atoms with Crippen LogP contribution in [0, 0.1) is 0 Å². The Morgan fingerprint density at radius 3 is 2.35 bits per heavy atom. The van der Waals surface area contributed by atoms with Gasteiger partial charge in [0.15, 0.2) is 0 Å². The summed E-state index contributed by atoms with van der Waals surface area (Å²) in [7, 11) is 0. The summed E-state index contributed by atoms with van der Waals surface area (Å²) in [6.45, 7) is 0. The van der Waals surface area contributed by atoms with Crippen LogP contribution < -0.4 is 16.0 Å². The van der Waals surface area contributed by atoms with Crippen LogP contribution in [0.1, 0.15) is 44.1 Å². The van der Waals surface area contributed by atoms with E-state index in [-0.39, 0.29) is 11.3 Å². The fraction of sp³-hybridized carbons (Fsp3) is 0.360. The third-order valence-corrected chi connectivity index (χ3v) is 6.03. The number of aryl methyl sites for hydroxylation is 1. The molecule has 6 heteroatoms. The molecule has 0 saturated heterocycles. The quantitative estimate of drug-likeness (QED) is 0.503. The molecule has 1 aliphatic heterocycles. The molecule has 2 aromatic rings. The van der Waals surface area contributed by atoms with E-state index in [9.17, 15) is 14.7 Å². The molecule has 0 bridgehead atoms. The predicted octanol–water partition coefficient (Wildman–Crippen LogP) is 4.31. The van der Waals surface area contributed by atoms with Crippen LogP contribution in [0.15, 0.2) is 65.9 Å². The van der Waals surface area contributed by atoms with Gasteiger partial charge in [-0.2, -0.15) is 0 Å². The summed E-state index contributed by atoms with van der Waals surface area (Å²) in [4.78, 5) is 25.0. The number of anilines is 2. The highest BCUT2D eigenvalue weighted by atomic mass is 16.3. The molecule has 1 heterocycles. The Bertz CT molecular complexity index is 948. The molecule has 1 atom stereocenters. The normalized spacial score (nSPS) is 19.2. The first-order valence-corrected chi connectivity index (χ1v) is 11.1. The van der Waals surface area contributed by atoms with Crippen LogP contribution in [0.25, 0.3) is 0 Å². The first-order valence-electron chi connectivity index (χ1n) is 11.1. The standard InChI is InChI=1S/C25H29N3O3/c29-23-21(16-11-17-7-3-1-4-8-17)28-25(31)22(23)24(30)27-20-14-12-19(13-15-20)26-18-9-5-2-6-10-18/h1,3-4,7-8,12-15,18,21,26,29H,2,5-6,9-11,16H2,(H,27,30)(H,28,31). The summed E-state index contributed by atoms with van der Waals surface area (Å²) in [6.07, 6.45) is 7.43. The lowest BCUT2D eigenvalue weighted by Crippen LogP contribution is -2.30. The Balaban J connectivity index is 1.35. The molecule has 2 amide bonds. The molecule has 1 aliphatic carbocycles. The average Bonchev–Trinajstić information content (AvgIpc) is 3.08. The molecular weight excluding hydrogens is 390 g/mol. The number of benzene rings is 2. The smallest absolute Gasteiger partial charge is 0.264 e. The van der Waals surface area contributed by atoms with Crippen molar-refractivity contribution in [2.45, 2.75) is 57.0 Å². The zero-order valence-electron chi connectivity index (χ0n) is 17.6. The summed E-state index contributed by atoms with van der Waals surface area (Å²) in [5.74, 6) is -1.32. The van der Waals surface area contributed by atoms with Crippen LogP contribution >= 0.6 is 0 Å². The lowest BCUT2D eigenvalue weighted by molar-refractivity contribution is -0.120. The van der Waals surface area contributed by atoms with Crippen LogP contribution in [-0.2, 0) is 16.0 Å². The van der Waals surface area contributed by atoms with Crippen molar-refractivity contribution in [2.75, 3.05) is 10.6 Å². The molecule has 6 nitrogen and oxygen atoms in total. The van der Waals surface area contributed by atoms with Gasteiger partial charge in [-0.15, -0.1) is 0 Å². The average molecular weight is 420 g/mol. The molecule has 2 aliphatic rings. The van der Waals surface area contributed by atoms with Crippen molar-refractivity contribution in [3.63, 3.8) is 0 Å². The minimum atomic E-state index is -0.592. The van der Waals surface area contributed by atoms with Crippen LogP contribution in [0.5, 0.6) is 0 Å². The van der Waals surface area contributed by atoms with Crippen molar-refractivity contribution in [1.29, 1.82) is 0 Å². The first kappa shape index (κ1) is 21.0. The van der Waals surface area contributed by atoms with E-state index in [1.807, 2.05) is 42.5 Å². The van der Waals surface area contributed by atoms with E-state index in [1.165, 1.54) is 32.1 Å². The molecule has 31 heavy (non-hydrogen) atoms. The second-order valence-electron chi connectivity index (χ2n) is 8.32. The molecule has 2 aromatic carbocycles. The molecule has 4 N–H and O–H groups in total. The van der Waals surface area contributed by atoms with E-state index in [1.54, 1.807) is 12.1 Å². The molecule has 0 aromatic heterocycles. The van der Waals surface area contributed by atoms with Gasteiger partial charge >= 0.3 is 0 Å². The third-order valence-electron chi connectivity index (χ3n) is 6.03. The number of aliphatic hydroxyl groups excluding tert-OH is 1. The van der Waals surface area contributed by atoms with Gasteiger partial charge in [-0.25, -0.2) is 0 Å². The Morgan fingerprint density at radius 2 is 1.65 bits per heavy atom. The van der Waals surface area contributed by atoms with Gasteiger partial charge in [0.25, 0.3) is 11.8 Å². The van der Waals surface area contributed by atoms with Gasteiger partial charge in [0.2, 0.25) is 0 Å². The molecule has 162 valence electrons. The van der Waals surface area contributed by atoms with Crippen LogP contribution in [0.2, 0.25) is 0 Å². The lowest BCUT2D eigenvalue weighted by atomic mass is 9.95. The van der Waals surface area contributed by atoms with E-state index in [0.29, 0.717) is 24.6 Å². The minimum Gasteiger partial charge on any atom is -0.509 e. The van der Waals surface area contributed by atoms with Crippen LogP contribution in [-0.4, -0.2) is 29.0 Å². The zero-order valence-corrected chi connectivity index (χ0v) is 17.6. The van der Waals surface area contributed by atoms with Gasteiger partial charge in [-0.3, -0.25) is 9.59 Å². The number of aliphatic hydroxyl groups is 1. The van der Waals surface area contributed by atoms with Crippen molar-refractivity contribution in [3.8, 4) is 0 Å². The number of hydrogen-bond donors (Lipinski definition) is 4. The highest BCUT2D eigenvalue weighted by molar-refractivity contribution is 6.24. The van der Waals surface area contributed by atoms with Gasteiger partial charge in [0.1, 0.15) is 11.3 Å². The summed E-state index contributed by atoms with van der Waals surface area (Å²) in [5, 5.41) is 19.5. The second-order valence-corrected chi connectivity index (χ2v) is 8.32. The van der Waals surface area contributed by atoms with E-state index < -0.39 is 17.9 Å². The maximum absolute atomic E-state index is 12.7. The molecule has 1 fully saturated rings. The SMILES string of the molecule is O=C(Nc1ccc(NC2CCCCC2)cc1)C1=C(O)C(CCc2ccccc2)NC1=O. The van der Waals surface area contributed by atoms with Crippen molar-refractivity contribution in [1.82, 2.24) is 5.32 Å². The summed E-state index contributed by atoms with van der Waals surface area (Å²) < 4.78 is 0. The maximum atomic E-state index is 12.7. The Morgan fingerprint density at radius 1 is 0.968 bits per heavy atom. The van der Waals surface area contributed by atoms with E-state index in [0.717, 1.165) is 11.3 Å². The number of carbonyl (C=O) groups excluding carboxylic acids is 2. The third kappa shape index (κ3) is 5.26. The van der Waals surface area contributed by atoms with Gasteiger partial charge in [-0.05, 0) is 55.5 Å². The minimum absolute atomic E-state index is 0.186. The molecule has 1 saturated carbocycles. The molecule has 0 radical (unpaired) electrons. The predicted molar refractivity (Wildman–Crippen MR) is 122 cm³/mol. The summed E-state index contributed by atoms with van der Waals surface area (Å²) in [6, 6.07) is 17.3. The highest BCUT2D eigenvalue weighted by Crippen LogP contribution is 2.24. The number of nitrogens with one attached hydrogen (secondary N) is 3. The van der Waals surface area contributed by atoms with Gasteiger partial charge in [-0.1, -0.05) is 49.6 Å². The summed E-state index contributed by atoms with van der Waals surface area (Å²) in [5.41, 5.74) is 2.51. The van der Waals surface area contributed by atoms with Gasteiger partial charge in [0, 0.05) is 17.4 Å². The molecule has 1 unspecified atom stereocenters. The topological polar surface area (TPSA) is 90.5 Å². The van der Waals surface area contributed by atoms with Crippen LogP contribution in [0.3, 0.4) is 0 Å². The van der Waals surface area contributed by atoms with E-state index in [4.69, 9.17) is 0 Å². The maximum Gasteiger partial charge on any atom is 0.264 e. The Kier molecular flexibility index (Phi) is 6.55. The number of amides is 2.